The highest BCUT2D eigenvalue weighted by Crippen LogP contribution is 2.31. The zero-order valence-corrected chi connectivity index (χ0v) is 11.6. The Morgan fingerprint density at radius 1 is 1.33 bits per heavy atom. The summed E-state index contributed by atoms with van der Waals surface area (Å²) < 4.78 is 5.33. The van der Waals surface area contributed by atoms with Gasteiger partial charge in [0.1, 0.15) is 5.75 Å². The fourth-order valence-corrected chi connectivity index (χ4v) is 2.62. The quantitative estimate of drug-likeness (QED) is 0.893. The van der Waals surface area contributed by atoms with E-state index in [1.54, 1.807) is 7.11 Å². The highest BCUT2D eigenvalue weighted by atomic mass is 16.5. The van der Waals surface area contributed by atoms with Gasteiger partial charge in [0.2, 0.25) is 0 Å². The molecule has 2 unspecified atom stereocenters. The predicted octanol–water partition coefficient (Wildman–Crippen LogP) is 2.64. The van der Waals surface area contributed by atoms with Gasteiger partial charge in [-0.25, -0.2) is 0 Å². The first kappa shape index (κ1) is 13.2. The maximum atomic E-state index is 5.84. The van der Waals surface area contributed by atoms with Crippen molar-refractivity contribution in [2.45, 2.75) is 26.8 Å². The molecule has 1 aliphatic heterocycles. The zero-order valence-electron chi connectivity index (χ0n) is 11.6. The summed E-state index contributed by atoms with van der Waals surface area (Å²) in [4.78, 5) is 2.45. The van der Waals surface area contributed by atoms with Crippen molar-refractivity contribution in [1.29, 1.82) is 0 Å². The third kappa shape index (κ3) is 2.61. The van der Waals surface area contributed by atoms with Crippen LogP contribution in [0.15, 0.2) is 18.2 Å². The van der Waals surface area contributed by atoms with E-state index in [2.05, 4.69) is 30.9 Å². The van der Waals surface area contributed by atoms with Crippen LogP contribution in [0.3, 0.4) is 0 Å². The highest BCUT2D eigenvalue weighted by molar-refractivity contribution is 5.57. The fraction of sp³-hybridized carbons (Fsp3) is 0.600. The van der Waals surface area contributed by atoms with E-state index in [1.165, 1.54) is 17.7 Å². The molecular weight excluding hydrogens is 224 g/mol. The van der Waals surface area contributed by atoms with Crippen LogP contribution >= 0.6 is 0 Å². The molecule has 2 N–H and O–H groups in total. The van der Waals surface area contributed by atoms with Gasteiger partial charge in [0.25, 0.3) is 0 Å². The molecule has 3 heteroatoms. The second kappa shape index (κ2) is 5.61. The molecule has 1 heterocycles. The Balaban J connectivity index is 2.25. The van der Waals surface area contributed by atoms with Crippen LogP contribution < -0.4 is 15.4 Å². The second-order valence-corrected chi connectivity index (χ2v) is 5.39. The number of nitrogens with two attached hydrogens (primary N) is 1. The van der Waals surface area contributed by atoms with E-state index in [4.69, 9.17) is 10.5 Å². The molecule has 0 amide bonds. The molecule has 3 nitrogen and oxygen atoms in total. The highest BCUT2D eigenvalue weighted by Gasteiger charge is 2.24. The summed E-state index contributed by atoms with van der Waals surface area (Å²) >= 11 is 0. The summed E-state index contributed by atoms with van der Waals surface area (Å²) in [5.74, 6) is 2.46. The van der Waals surface area contributed by atoms with Gasteiger partial charge >= 0.3 is 0 Å². The van der Waals surface area contributed by atoms with Gasteiger partial charge in [-0.2, -0.15) is 0 Å². The Kier molecular flexibility index (Phi) is 4.12. The number of hydrogen-bond acceptors (Lipinski definition) is 3. The minimum absolute atomic E-state index is 0.583. The number of benzene rings is 1. The molecule has 0 spiro atoms. The van der Waals surface area contributed by atoms with Crippen molar-refractivity contribution in [3.63, 3.8) is 0 Å². The third-order valence-corrected chi connectivity index (χ3v) is 4.19. The largest absolute Gasteiger partial charge is 0.497 e. The maximum absolute atomic E-state index is 5.84. The number of nitrogens with zero attached hydrogens (tertiary/aromatic N) is 1. The summed E-state index contributed by atoms with van der Waals surface area (Å²) in [6, 6.07) is 6.18. The number of anilines is 1. The van der Waals surface area contributed by atoms with E-state index in [9.17, 15) is 0 Å². The van der Waals surface area contributed by atoms with Crippen LogP contribution in [0.2, 0.25) is 0 Å². The van der Waals surface area contributed by atoms with Crippen molar-refractivity contribution < 1.29 is 4.74 Å². The summed E-state index contributed by atoms with van der Waals surface area (Å²) in [5.41, 5.74) is 8.30. The Hall–Kier alpha value is -1.22. The van der Waals surface area contributed by atoms with Crippen molar-refractivity contribution in [3.8, 4) is 5.75 Å². The van der Waals surface area contributed by atoms with Crippen LogP contribution in [0.4, 0.5) is 5.69 Å². The molecule has 2 rings (SSSR count). The summed E-state index contributed by atoms with van der Waals surface area (Å²) in [6.45, 7) is 7.49. The standard InChI is InChI=1S/C15H24N2O/c1-11-6-7-17(10-12(11)2)15-8-14(18-3)5-4-13(15)9-16/h4-5,8,11-12H,6-7,9-10,16H2,1-3H3. The van der Waals surface area contributed by atoms with E-state index >= 15 is 0 Å². The van der Waals surface area contributed by atoms with Gasteiger partial charge in [0.05, 0.1) is 7.11 Å². The van der Waals surface area contributed by atoms with Crippen molar-refractivity contribution in [2.75, 3.05) is 25.1 Å². The molecule has 100 valence electrons. The SMILES string of the molecule is COc1ccc(CN)c(N2CCC(C)C(C)C2)c1. The molecule has 1 fully saturated rings. The maximum Gasteiger partial charge on any atom is 0.120 e. The van der Waals surface area contributed by atoms with E-state index in [0.717, 1.165) is 30.7 Å². The van der Waals surface area contributed by atoms with E-state index < -0.39 is 0 Å². The second-order valence-electron chi connectivity index (χ2n) is 5.39. The first-order valence-corrected chi connectivity index (χ1v) is 6.77. The number of methoxy groups -OCH3 is 1. The lowest BCUT2D eigenvalue weighted by molar-refractivity contribution is 0.323. The van der Waals surface area contributed by atoms with Gasteiger partial charge < -0.3 is 15.4 Å². The van der Waals surface area contributed by atoms with Gasteiger partial charge in [-0.1, -0.05) is 19.9 Å². The molecule has 0 radical (unpaired) electrons. The Labute approximate surface area is 110 Å². The number of ether oxygens (including phenoxy) is 1. The molecule has 1 aromatic carbocycles. The van der Waals surface area contributed by atoms with Gasteiger partial charge in [0, 0.05) is 31.4 Å². The number of hydrogen-bond donors (Lipinski definition) is 1. The third-order valence-electron chi connectivity index (χ3n) is 4.19. The molecule has 0 aliphatic carbocycles. The Bertz CT molecular complexity index is 405. The normalized spacial score (nSPS) is 24.1. The zero-order chi connectivity index (χ0) is 13.1. The lowest BCUT2D eigenvalue weighted by Crippen LogP contribution is -2.39. The Morgan fingerprint density at radius 3 is 2.72 bits per heavy atom. The number of rotatable bonds is 3. The molecule has 2 atom stereocenters. The van der Waals surface area contributed by atoms with Crippen molar-refractivity contribution in [1.82, 2.24) is 0 Å². The summed E-state index contributed by atoms with van der Waals surface area (Å²) in [5, 5.41) is 0. The molecule has 0 aromatic heterocycles. The molecule has 18 heavy (non-hydrogen) atoms. The van der Waals surface area contributed by atoms with Crippen LogP contribution in [-0.4, -0.2) is 20.2 Å². The van der Waals surface area contributed by atoms with Crippen LogP contribution in [0.25, 0.3) is 0 Å². The van der Waals surface area contributed by atoms with E-state index in [1.807, 2.05) is 6.07 Å². The van der Waals surface area contributed by atoms with Crippen LogP contribution in [0.5, 0.6) is 5.75 Å². The van der Waals surface area contributed by atoms with Crippen molar-refractivity contribution in [2.24, 2.45) is 17.6 Å². The summed E-state index contributed by atoms with van der Waals surface area (Å²) in [6.07, 6.45) is 1.25. The van der Waals surface area contributed by atoms with Crippen LogP contribution in [0, 0.1) is 11.8 Å². The molecular formula is C15H24N2O. The summed E-state index contributed by atoms with van der Waals surface area (Å²) in [7, 11) is 1.71. The average molecular weight is 248 g/mol. The molecule has 1 aliphatic rings. The lowest BCUT2D eigenvalue weighted by Gasteiger charge is -2.37. The fourth-order valence-electron chi connectivity index (χ4n) is 2.62. The topological polar surface area (TPSA) is 38.5 Å². The molecule has 1 saturated heterocycles. The van der Waals surface area contributed by atoms with Gasteiger partial charge in [-0.05, 0) is 29.9 Å². The molecule has 0 bridgehead atoms. The van der Waals surface area contributed by atoms with Crippen LogP contribution in [-0.2, 0) is 6.54 Å². The van der Waals surface area contributed by atoms with Crippen LogP contribution in [0.1, 0.15) is 25.8 Å². The Morgan fingerprint density at radius 2 is 2.11 bits per heavy atom. The molecule has 1 aromatic rings. The lowest BCUT2D eigenvalue weighted by atomic mass is 9.88. The smallest absolute Gasteiger partial charge is 0.120 e. The van der Waals surface area contributed by atoms with Gasteiger partial charge in [-0.3, -0.25) is 0 Å². The minimum atomic E-state index is 0.583. The first-order chi connectivity index (χ1) is 8.65. The van der Waals surface area contributed by atoms with E-state index in [-0.39, 0.29) is 0 Å². The molecule has 0 saturated carbocycles. The minimum Gasteiger partial charge on any atom is -0.497 e. The average Bonchev–Trinajstić information content (AvgIpc) is 2.41. The van der Waals surface area contributed by atoms with Gasteiger partial charge in [0.15, 0.2) is 0 Å². The van der Waals surface area contributed by atoms with Crippen molar-refractivity contribution in [3.05, 3.63) is 23.8 Å². The van der Waals surface area contributed by atoms with Crippen molar-refractivity contribution >= 4 is 5.69 Å². The predicted molar refractivity (Wildman–Crippen MR) is 76.0 cm³/mol. The first-order valence-electron chi connectivity index (χ1n) is 6.77. The van der Waals surface area contributed by atoms with Gasteiger partial charge in [-0.15, -0.1) is 0 Å². The van der Waals surface area contributed by atoms with E-state index in [0.29, 0.717) is 6.54 Å². The monoisotopic (exact) mass is 248 g/mol. The number of piperidine rings is 1.